The number of aromatic nitrogens is 5. The number of pyridine rings is 1. The lowest BCUT2D eigenvalue weighted by atomic mass is 10.1. The largest absolute Gasteiger partial charge is 0.351 e. The van der Waals surface area contributed by atoms with Gasteiger partial charge in [0.05, 0.1) is 12.7 Å². The zero-order valence-electron chi connectivity index (χ0n) is 13.7. The van der Waals surface area contributed by atoms with E-state index in [0.29, 0.717) is 17.1 Å². The Kier molecular flexibility index (Phi) is 3.41. The van der Waals surface area contributed by atoms with Crippen LogP contribution in [0.4, 0.5) is 14.7 Å². The molecular formula is C17H16F2N6. The van der Waals surface area contributed by atoms with Crippen LogP contribution in [0.2, 0.25) is 0 Å². The van der Waals surface area contributed by atoms with Gasteiger partial charge >= 0.3 is 0 Å². The van der Waals surface area contributed by atoms with Gasteiger partial charge in [0.2, 0.25) is 5.95 Å². The third kappa shape index (κ3) is 2.90. The Hall–Kier alpha value is -3.03. The Bertz CT molecular complexity index is 1060. The molecule has 0 atom stereocenters. The highest BCUT2D eigenvalue weighted by molar-refractivity contribution is 5.94. The van der Waals surface area contributed by atoms with E-state index in [4.69, 9.17) is 0 Å². The summed E-state index contributed by atoms with van der Waals surface area (Å²) in [5, 5.41) is 7.60. The van der Waals surface area contributed by atoms with Crippen LogP contribution in [0, 0.1) is 5.82 Å². The van der Waals surface area contributed by atoms with E-state index in [1.54, 1.807) is 24.7 Å². The SMILES string of the molecule is CC(C)(F)CNc1ncc2c(-c3ccn4ncc(F)c4c3)c[nH]c2n1. The fraction of sp³-hybridized carbons (Fsp3) is 0.235. The Morgan fingerprint density at radius 1 is 1.32 bits per heavy atom. The molecule has 0 saturated heterocycles. The van der Waals surface area contributed by atoms with Crippen molar-refractivity contribution in [1.29, 1.82) is 0 Å². The average Bonchev–Trinajstić information content (AvgIpc) is 3.15. The fourth-order valence-corrected chi connectivity index (χ4v) is 2.64. The van der Waals surface area contributed by atoms with Crippen molar-refractivity contribution in [3.63, 3.8) is 0 Å². The molecule has 2 N–H and O–H groups in total. The number of fused-ring (bicyclic) bond motifs is 2. The van der Waals surface area contributed by atoms with Crippen molar-refractivity contribution in [2.75, 3.05) is 11.9 Å². The molecule has 0 aromatic carbocycles. The van der Waals surface area contributed by atoms with Crippen LogP contribution in [-0.4, -0.2) is 36.8 Å². The molecule has 4 aromatic rings. The highest BCUT2D eigenvalue weighted by atomic mass is 19.1. The number of halogens is 2. The third-order valence-corrected chi connectivity index (χ3v) is 3.88. The second-order valence-electron chi connectivity index (χ2n) is 6.47. The van der Waals surface area contributed by atoms with E-state index >= 15 is 0 Å². The molecule has 0 unspecified atom stereocenters. The second-order valence-corrected chi connectivity index (χ2v) is 6.47. The zero-order valence-corrected chi connectivity index (χ0v) is 13.7. The van der Waals surface area contributed by atoms with E-state index in [1.165, 1.54) is 24.6 Å². The minimum atomic E-state index is -1.36. The first-order chi connectivity index (χ1) is 11.9. The van der Waals surface area contributed by atoms with Gasteiger partial charge in [-0.2, -0.15) is 10.1 Å². The Balaban J connectivity index is 1.71. The molecule has 0 aliphatic rings. The molecular weight excluding hydrogens is 326 g/mol. The highest BCUT2D eigenvalue weighted by Gasteiger charge is 2.16. The smallest absolute Gasteiger partial charge is 0.224 e. The first-order valence-corrected chi connectivity index (χ1v) is 7.81. The van der Waals surface area contributed by atoms with Gasteiger partial charge in [-0.05, 0) is 31.5 Å². The zero-order chi connectivity index (χ0) is 17.6. The summed E-state index contributed by atoms with van der Waals surface area (Å²) in [4.78, 5) is 11.7. The van der Waals surface area contributed by atoms with Crippen molar-refractivity contribution in [3.05, 3.63) is 42.7 Å². The maximum Gasteiger partial charge on any atom is 0.224 e. The van der Waals surface area contributed by atoms with E-state index in [1.807, 2.05) is 6.07 Å². The summed E-state index contributed by atoms with van der Waals surface area (Å²) in [5.41, 5.74) is 1.35. The van der Waals surface area contributed by atoms with E-state index in [0.717, 1.165) is 16.5 Å². The molecule has 0 fully saturated rings. The van der Waals surface area contributed by atoms with Gasteiger partial charge in [-0.25, -0.2) is 18.3 Å². The van der Waals surface area contributed by atoms with Crippen LogP contribution in [0.25, 0.3) is 27.7 Å². The molecule has 128 valence electrons. The summed E-state index contributed by atoms with van der Waals surface area (Å²) in [6.45, 7) is 3.08. The standard InChI is InChI=1S/C17H16F2N6/c1-17(2,19)9-22-16-21-7-12-11(6-20-15(12)24-16)10-3-4-25-14(5-10)13(18)8-23-25/h3-8H,9H2,1-2H3,(H2,20,21,22,24). The molecule has 0 bridgehead atoms. The first-order valence-electron chi connectivity index (χ1n) is 7.81. The second kappa shape index (κ2) is 5.51. The monoisotopic (exact) mass is 342 g/mol. The van der Waals surface area contributed by atoms with E-state index in [-0.39, 0.29) is 12.4 Å². The number of hydrogen-bond acceptors (Lipinski definition) is 4. The Morgan fingerprint density at radius 2 is 2.16 bits per heavy atom. The number of alkyl halides is 1. The minimum absolute atomic E-state index is 0.114. The number of nitrogens with one attached hydrogen (secondary N) is 2. The quantitative estimate of drug-likeness (QED) is 0.595. The van der Waals surface area contributed by atoms with Gasteiger partial charge in [-0.15, -0.1) is 0 Å². The van der Waals surface area contributed by atoms with Crippen LogP contribution in [0.1, 0.15) is 13.8 Å². The molecule has 8 heteroatoms. The Morgan fingerprint density at radius 3 is 2.96 bits per heavy atom. The summed E-state index contributed by atoms with van der Waals surface area (Å²) >= 11 is 0. The van der Waals surface area contributed by atoms with Gasteiger partial charge in [0.1, 0.15) is 16.8 Å². The molecule has 4 aromatic heterocycles. The van der Waals surface area contributed by atoms with Crippen LogP contribution in [0.5, 0.6) is 0 Å². The summed E-state index contributed by atoms with van der Waals surface area (Å²) < 4.78 is 28.8. The van der Waals surface area contributed by atoms with Crippen LogP contribution in [0.15, 0.2) is 36.9 Å². The molecule has 0 radical (unpaired) electrons. The molecule has 0 aliphatic heterocycles. The molecule has 0 saturated carbocycles. The fourth-order valence-electron chi connectivity index (χ4n) is 2.64. The number of hydrogen-bond donors (Lipinski definition) is 2. The van der Waals surface area contributed by atoms with Crippen LogP contribution in [-0.2, 0) is 0 Å². The highest BCUT2D eigenvalue weighted by Crippen LogP contribution is 2.29. The van der Waals surface area contributed by atoms with Crippen molar-refractivity contribution < 1.29 is 8.78 Å². The number of rotatable bonds is 4. The van der Waals surface area contributed by atoms with Crippen molar-refractivity contribution in [3.8, 4) is 11.1 Å². The average molecular weight is 342 g/mol. The number of aromatic amines is 1. The van der Waals surface area contributed by atoms with Gasteiger partial charge in [-0.1, -0.05) is 0 Å². The first kappa shape index (κ1) is 15.5. The van der Waals surface area contributed by atoms with Gasteiger partial charge in [0, 0.05) is 29.5 Å². The van der Waals surface area contributed by atoms with Gasteiger partial charge < -0.3 is 10.3 Å². The lowest BCUT2D eigenvalue weighted by Gasteiger charge is -2.14. The van der Waals surface area contributed by atoms with Crippen LogP contribution >= 0.6 is 0 Å². The summed E-state index contributed by atoms with van der Waals surface area (Å²) in [7, 11) is 0. The molecule has 0 aliphatic carbocycles. The van der Waals surface area contributed by atoms with Crippen molar-refractivity contribution >= 4 is 22.5 Å². The van der Waals surface area contributed by atoms with Gasteiger partial charge in [0.15, 0.2) is 5.82 Å². The summed E-state index contributed by atoms with van der Waals surface area (Å²) in [6, 6.07) is 3.57. The van der Waals surface area contributed by atoms with E-state index in [9.17, 15) is 8.78 Å². The lowest BCUT2D eigenvalue weighted by Crippen LogP contribution is -2.25. The number of anilines is 1. The van der Waals surface area contributed by atoms with E-state index < -0.39 is 5.67 Å². The van der Waals surface area contributed by atoms with Gasteiger partial charge in [0.25, 0.3) is 0 Å². The topological polar surface area (TPSA) is 70.9 Å². The maximum atomic E-state index is 13.8. The minimum Gasteiger partial charge on any atom is -0.351 e. The van der Waals surface area contributed by atoms with Gasteiger partial charge in [-0.3, -0.25) is 0 Å². The summed E-state index contributed by atoms with van der Waals surface area (Å²) in [6.07, 6.45) is 6.34. The molecule has 25 heavy (non-hydrogen) atoms. The molecule has 4 rings (SSSR count). The normalized spacial score (nSPS) is 12.2. The summed E-state index contributed by atoms with van der Waals surface area (Å²) in [5.74, 6) is -0.0258. The van der Waals surface area contributed by atoms with Crippen molar-refractivity contribution in [2.24, 2.45) is 0 Å². The number of nitrogens with zero attached hydrogens (tertiary/aromatic N) is 4. The maximum absolute atomic E-state index is 13.8. The Labute approximate surface area is 141 Å². The third-order valence-electron chi connectivity index (χ3n) is 3.88. The molecule has 0 amide bonds. The number of H-pyrrole nitrogens is 1. The molecule has 6 nitrogen and oxygen atoms in total. The lowest BCUT2D eigenvalue weighted by molar-refractivity contribution is 0.234. The van der Waals surface area contributed by atoms with Crippen LogP contribution < -0.4 is 5.32 Å². The predicted octanol–water partition coefficient (Wildman–Crippen LogP) is 3.57. The van der Waals surface area contributed by atoms with Crippen LogP contribution in [0.3, 0.4) is 0 Å². The van der Waals surface area contributed by atoms with Crippen molar-refractivity contribution in [1.82, 2.24) is 24.6 Å². The molecule has 4 heterocycles. The van der Waals surface area contributed by atoms with E-state index in [2.05, 4.69) is 25.4 Å². The van der Waals surface area contributed by atoms with Crippen molar-refractivity contribution in [2.45, 2.75) is 19.5 Å². The molecule has 0 spiro atoms. The predicted molar refractivity (Wildman–Crippen MR) is 91.7 cm³/mol.